The van der Waals surface area contributed by atoms with E-state index < -0.39 is 11.7 Å². The predicted octanol–water partition coefficient (Wildman–Crippen LogP) is 0.214. The van der Waals surface area contributed by atoms with Crippen molar-refractivity contribution in [2.24, 2.45) is 5.92 Å². The highest BCUT2D eigenvalue weighted by molar-refractivity contribution is 4.92. The Morgan fingerprint density at radius 2 is 1.92 bits per heavy atom. The fourth-order valence-electron chi connectivity index (χ4n) is 2.29. The molecule has 0 aromatic rings. The van der Waals surface area contributed by atoms with Crippen LogP contribution >= 0.6 is 0 Å². The van der Waals surface area contributed by atoms with Gasteiger partial charge < -0.3 is 14.7 Å². The molecule has 0 heterocycles. The molecule has 1 fully saturated rings. The molecule has 78 valence electrons. The SMILES string of the molecule is C[C@@]1(O)C[C@H](C[N+](C)(C)C)C[C@H]1O. The highest BCUT2D eigenvalue weighted by Gasteiger charge is 2.43. The molecule has 1 aliphatic rings. The first-order valence-electron chi connectivity index (χ1n) is 4.91. The Hall–Kier alpha value is -0.120. The number of aliphatic hydroxyl groups excluding tert-OH is 1. The van der Waals surface area contributed by atoms with Gasteiger partial charge in [-0.25, -0.2) is 0 Å². The summed E-state index contributed by atoms with van der Waals surface area (Å²) in [5.41, 5.74) is -0.861. The van der Waals surface area contributed by atoms with Crippen molar-refractivity contribution in [2.45, 2.75) is 31.5 Å². The zero-order chi connectivity index (χ0) is 10.3. The molecule has 1 saturated carbocycles. The van der Waals surface area contributed by atoms with Crippen LogP contribution in [0.5, 0.6) is 0 Å². The summed E-state index contributed by atoms with van der Waals surface area (Å²) >= 11 is 0. The molecule has 0 saturated heterocycles. The maximum absolute atomic E-state index is 9.77. The molecule has 0 aromatic heterocycles. The molecule has 3 heteroatoms. The normalized spacial score (nSPS) is 41.1. The second-order valence-electron chi connectivity index (χ2n) is 5.65. The molecule has 0 aliphatic heterocycles. The van der Waals surface area contributed by atoms with Crippen LogP contribution in [0.4, 0.5) is 0 Å². The average Bonchev–Trinajstić information content (AvgIpc) is 2.01. The highest BCUT2D eigenvalue weighted by atomic mass is 16.3. The number of hydrogen-bond acceptors (Lipinski definition) is 2. The molecular weight excluding hydrogens is 166 g/mol. The number of aliphatic hydroxyl groups is 2. The van der Waals surface area contributed by atoms with Crippen molar-refractivity contribution in [3.63, 3.8) is 0 Å². The molecule has 2 N–H and O–H groups in total. The van der Waals surface area contributed by atoms with Crippen LogP contribution < -0.4 is 0 Å². The molecule has 3 atom stereocenters. The summed E-state index contributed by atoms with van der Waals surface area (Å²) in [5.74, 6) is 0.449. The van der Waals surface area contributed by atoms with Crippen molar-refractivity contribution in [3.8, 4) is 0 Å². The van der Waals surface area contributed by atoms with Crippen LogP contribution in [0.3, 0.4) is 0 Å². The van der Waals surface area contributed by atoms with Crippen LogP contribution in [0.2, 0.25) is 0 Å². The first-order valence-corrected chi connectivity index (χ1v) is 4.91. The topological polar surface area (TPSA) is 40.5 Å². The predicted molar refractivity (Wildman–Crippen MR) is 52.3 cm³/mol. The van der Waals surface area contributed by atoms with Gasteiger partial charge in [-0.2, -0.15) is 0 Å². The Morgan fingerprint density at radius 1 is 1.38 bits per heavy atom. The lowest BCUT2D eigenvalue weighted by molar-refractivity contribution is -0.873. The molecule has 0 unspecified atom stereocenters. The van der Waals surface area contributed by atoms with Crippen molar-refractivity contribution in [3.05, 3.63) is 0 Å². The number of hydrogen-bond donors (Lipinski definition) is 2. The van der Waals surface area contributed by atoms with Crippen LogP contribution in [0.25, 0.3) is 0 Å². The monoisotopic (exact) mass is 188 g/mol. The standard InChI is InChI=1S/C10H22NO2/c1-10(13)6-8(5-9(10)12)7-11(2,3)4/h8-9,12-13H,5-7H2,1-4H3/q+1/t8-,9-,10-/m1/s1. The van der Waals surface area contributed by atoms with E-state index in [0.717, 1.165) is 23.9 Å². The second-order valence-corrected chi connectivity index (χ2v) is 5.65. The third-order valence-electron chi connectivity index (χ3n) is 2.78. The van der Waals surface area contributed by atoms with Gasteiger partial charge in [0.1, 0.15) is 0 Å². The van der Waals surface area contributed by atoms with E-state index in [0.29, 0.717) is 5.92 Å². The van der Waals surface area contributed by atoms with E-state index in [9.17, 15) is 10.2 Å². The Kier molecular flexibility index (Phi) is 2.72. The third-order valence-corrected chi connectivity index (χ3v) is 2.78. The van der Waals surface area contributed by atoms with Gasteiger partial charge in [-0.1, -0.05) is 0 Å². The number of quaternary nitrogens is 1. The van der Waals surface area contributed by atoms with Crippen LogP contribution in [0.1, 0.15) is 19.8 Å². The summed E-state index contributed by atoms with van der Waals surface area (Å²) in [6, 6.07) is 0. The smallest absolute Gasteiger partial charge is 0.0882 e. The minimum atomic E-state index is -0.861. The molecule has 0 aromatic carbocycles. The third kappa shape index (κ3) is 2.93. The molecule has 0 radical (unpaired) electrons. The van der Waals surface area contributed by atoms with Gasteiger partial charge in [0.05, 0.1) is 39.4 Å². The zero-order valence-electron chi connectivity index (χ0n) is 9.12. The molecule has 1 aliphatic carbocycles. The van der Waals surface area contributed by atoms with Gasteiger partial charge in [0.15, 0.2) is 0 Å². The van der Waals surface area contributed by atoms with E-state index >= 15 is 0 Å². The second kappa shape index (κ2) is 3.23. The van der Waals surface area contributed by atoms with Crippen molar-refractivity contribution in [1.82, 2.24) is 0 Å². The summed E-state index contributed by atoms with van der Waals surface area (Å²) in [6.07, 6.45) is 0.927. The first-order chi connectivity index (χ1) is 5.71. The maximum atomic E-state index is 9.77. The molecule has 0 bridgehead atoms. The van der Waals surface area contributed by atoms with Crippen LogP contribution in [-0.4, -0.2) is 54.1 Å². The van der Waals surface area contributed by atoms with E-state index in [4.69, 9.17) is 0 Å². The van der Waals surface area contributed by atoms with Gasteiger partial charge in [-0.05, 0) is 19.8 Å². The lowest BCUT2D eigenvalue weighted by atomic mass is 10.0. The van der Waals surface area contributed by atoms with Crippen LogP contribution in [0, 0.1) is 5.92 Å². The van der Waals surface area contributed by atoms with E-state index in [2.05, 4.69) is 21.1 Å². The minimum Gasteiger partial charge on any atom is -0.390 e. The summed E-state index contributed by atoms with van der Waals surface area (Å²) in [6.45, 7) is 2.75. The summed E-state index contributed by atoms with van der Waals surface area (Å²) in [5, 5.41) is 19.3. The molecule has 13 heavy (non-hydrogen) atoms. The van der Waals surface area contributed by atoms with Gasteiger partial charge in [0, 0.05) is 5.92 Å². The molecular formula is C10H22NO2+. The van der Waals surface area contributed by atoms with E-state index in [1.54, 1.807) is 6.92 Å². The van der Waals surface area contributed by atoms with Gasteiger partial charge in [-0.3, -0.25) is 0 Å². The fourth-order valence-corrected chi connectivity index (χ4v) is 2.29. The zero-order valence-corrected chi connectivity index (χ0v) is 9.12. The summed E-state index contributed by atoms with van der Waals surface area (Å²) in [4.78, 5) is 0. The Labute approximate surface area is 80.6 Å². The van der Waals surface area contributed by atoms with Gasteiger partial charge in [0.25, 0.3) is 0 Å². The first kappa shape index (κ1) is 11.0. The van der Waals surface area contributed by atoms with Gasteiger partial charge in [-0.15, -0.1) is 0 Å². The van der Waals surface area contributed by atoms with Crippen molar-refractivity contribution >= 4 is 0 Å². The van der Waals surface area contributed by atoms with Crippen LogP contribution in [-0.2, 0) is 0 Å². The highest BCUT2D eigenvalue weighted by Crippen LogP contribution is 2.35. The molecule has 0 spiro atoms. The van der Waals surface area contributed by atoms with E-state index in [-0.39, 0.29) is 0 Å². The Bertz CT molecular complexity index is 182. The van der Waals surface area contributed by atoms with Crippen molar-refractivity contribution in [2.75, 3.05) is 27.7 Å². The lowest BCUT2D eigenvalue weighted by Gasteiger charge is -2.27. The quantitative estimate of drug-likeness (QED) is 0.608. The summed E-state index contributed by atoms with van der Waals surface area (Å²) < 4.78 is 0.896. The molecule has 0 amide bonds. The van der Waals surface area contributed by atoms with Gasteiger partial charge >= 0.3 is 0 Å². The lowest BCUT2D eigenvalue weighted by Crippen LogP contribution is -2.39. The number of nitrogens with zero attached hydrogens (tertiary/aromatic N) is 1. The fraction of sp³-hybridized carbons (Fsp3) is 1.00. The Balaban J connectivity index is 2.50. The number of rotatable bonds is 2. The maximum Gasteiger partial charge on any atom is 0.0882 e. The molecule has 1 rings (SSSR count). The minimum absolute atomic E-state index is 0.449. The molecule has 3 nitrogen and oxygen atoms in total. The van der Waals surface area contributed by atoms with E-state index in [1.807, 2.05) is 0 Å². The summed E-state index contributed by atoms with van der Waals surface area (Å²) in [7, 11) is 6.41. The average molecular weight is 188 g/mol. The Morgan fingerprint density at radius 3 is 2.23 bits per heavy atom. The van der Waals surface area contributed by atoms with Crippen molar-refractivity contribution in [1.29, 1.82) is 0 Å². The largest absolute Gasteiger partial charge is 0.390 e. The van der Waals surface area contributed by atoms with Gasteiger partial charge in [0.2, 0.25) is 0 Å². The van der Waals surface area contributed by atoms with Crippen molar-refractivity contribution < 1.29 is 14.7 Å². The van der Waals surface area contributed by atoms with E-state index in [1.165, 1.54) is 0 Å². The van der Waals surface area contributed by atoms with Crippen LogP contribution in [0.15, 0.2) is 0 Å².